The lowest BCUT2D eigenvalue weighted by atomic mass is 10.2. The largest absolute Gasteiger partial charge is 0.326 e. The van der Waals surface area contributed by atoms with E-state index in [9.17, 15) is 18.0 Å². The highest BCUT2D eigenvalue weighted by atomic mass is 79.9. The minimum absolute atomic E-state index is 0.0306. The van der Waals surface area contributed by atoms with Gasteiger partial charge in [0, 0.05) is 23.1 Å². The van der Waals surface area contributed by atoms with Crippen LogP contribution in [0.2, 0.25) is 0 Å². The van der Waals surface area contributed by atoms with Crippen molar-refractivity contribution in [2.75, 3.05) is 11.9 Å². The third-order valence-corrected chi connectivity index (χ3v) is 7.54. The molecule has 2 aromatic carbocycles. The number of carbonyl (C=O) groups excluding carboxylic acids is 2. The van der Waals surface area contributed by atoms with Crippen molar-refractivity contribution in [3.05, 3.63) is 58.6 Å². The van der Waals surface area contributed by atoms with Crippen molar-refractivity contribution in [2.24, 2.45) is 4.40 Å². The number of para-hydroxylation sites is 1. The Hall–Kier alpha value is -2.17. The molecule has 7 nitrogen and oxygen atoms in total. The van der Waals surface area contributed by atoms with Crippen molar-refractivity contribution >= 4 is 60.4 Å². The zero-order valence-corrected chi connectivity index (χ0v) is 19.6. The predicted octanol–water partition coefficient (Wildman–Crippen LogP) is 3.79. The van der Waals surface area contributed by atoms with Crippen LogP contribution in [0.15, 0.2) is 62.3 Å². The van der Waals surface area contributed by atoms with Gasteiger partial charge in [0.2, 0.25) is 11.8 Å². The van der Waals surface area contributed by atoms with Gasteiger partial charge in [0.25, 0.3) is 10.0 Å². The van der Waals surface area contributed by atoms with Crippen LogP contribution in [0.4, 0.5) is 5.69 Å². The summed E-state index contributed by atoms with van der Waals surface area (Å²) in [6.07, 6.45) is -0.0777. The molecule has 2 aromatic rings. The fourth-order valence-electron chi connectivity index (χ4n) is 2.85. The molecular weight excluding hydrogens is 490 g/mol. The Morgan fingerprint density at radius 1 is 1.20 bits per heavy atom. The minimum Gasteiger partial charge on any atom is -0.326 e. The smallest absolute Gasteiger partial charge is 0.284 e. The molecule has 0 aromatic heterocycles. The van der Waals surface area contributed by atoms with Crippen molar-refractivity contribution < 1.29 is 18.0 Å². The molecule has 1 fully saturated rings. The van der Waals surface area contributed by atoms with Crippen LogP contribution in [0.1, 0.15) is 18.9 Å². The number of amides is 2. The van der Waals surface area contributed by atoms with Gasteiger partial charge in [0.1, 0.15) is 5.25 Å². The second-order valence-electron chi connectivity index (χ2n) is 6.56. The summed E-state index contributed by atoms with van der Waals surface area (Å²) in [6.45, 7) is 3.87. The third kappa shape index (κ3) is 5.11. The molecule has 0 radical (unpaired) electrons. The number of hydrogen-bond donors (Lipinski definition) is 1. The molecule has 0 aliphatic carbocycles. The van der Waals surface area contributed by atoms with Gasteiger partial charge >= 0.3 is 0 Å². The number of nitrogens with zero attached hydrogens (tertiary/aromatic N) is 2. The molecule has 1 atom stereocenters. The molecule has 3 rings (SSSR count). The average Bonchev–Trinajstić information content (AvgIpc) is 2.97. The maximum absolute atomic E-state index is 12.7. The number of rotatable bonds is 6. The molecule has 10 heteroatoms. The summed E-state index contributed by atoms with van der Waals surface area (Å²) in [5, 5.41) is 2.15. The topological polar surface area (TPSA) is 95.9 Å². The van der Waals surface area contributed by atoms with Crippen LogP contribution in [-0.4, -0.2) is 42.1 Å². The number of hydrogen-bond acceptors (Lipinski definition) is 5. The number of nitrogens with one attached hydrogen (secondary N) is 1. The standard InChI is InChI=1S/C20H20BrN3O4S2/c1-3-24-19(26)17(12-18(25)22-16-7-5-4-6-13(16)2)29-20(24)23-30(27,28)15-10-8-14(21)9-11-15/h4-11,17H,3,12H2,1-2H3,(H,22,25)/t17-/m1/s1. The summed E-state index contributed by atoms with van der Waals surface area (Å²) in [5.74, 6) is -0.643. The van der Waals surface area contributed by atoms with Crippen LogP contribution < -0.4 is 5.32 Å². The van der Waals surface area contributed by atoms with Crippen molar-refractivity contribution in [1.82, 2.24) is 4.90 Å². The van der Waals surface area contributed by atoms with E-state index in [0.29, 0.717) is 5.69 Å². The van der Waals surface area contributed by atoms with Gasteiger partial charge in [-0.25, -0.2) is 0 Å². The van der Waals surface area contributed by atoms with Gasteiger partial charge in [-0.3, -0.25) is 14.5 Å². The maximum atomic E-state index is 12.7. The van der Waals surface area contributed by atoms with Crippen LogP contribution >= 0.6 is 27.7 Å². The molecule has 1 aliphatic heterocycles. The van der Waals surface area contributed by atoms with E-state index in [4.69, 9.17) is 0 Å². The van der Waals surface area contributed by atoms with E-state index in [1.54, 1.807) is 25.1 Å². The summed E-state index contributed by atoms with van der Waals surface area (Å²) in [5.41, 5.74) is 1.59. The monoisotopic (exact) mass is 509 g/mol. The fraction of sp³-hybridized carbons (Fsp3) is 0.250. The molecule has 0 spiro atoms. The number of carbonyl (C=O) groups is 2. The van der Waals surface area contributed by atoms with Gasteiger partial charge in [-0.2, -0.15) is 8.42 Å². The van der Waals surface area contributed by atoms with E-state index in [2.05, 4.69) is 25.6 Å². The van der Waals surface area contributed by atoms with E-state index < -0.39 is 15.3 Å². The van der Waals surface area contributed by atoms with E-state index in [1.807, 2.05) is 25.1 Å². The van der Waals surface area contributed by atoms with E-state index in [1.165, 1.54) is 17.0 Å². The van der Waals surface area contributed by atoms with E-state index in [-0.39, 0.29) is 34.8 Å². The Kier molecular flexibility index (Phi) is 6.99. The van der Waals surface area contributed by atoms with Crippen LogP contribution in [-0.2, 0) is 19.6 Å². The number of halogens is 1. The first kappa shape index (κ1) is 22.5. The summed E-state index contributed by atoms with van der Waals surface area (Å²) in [4.78, 5) is 26.5. The molecule has 30 heavy (non-hydrogen) atoms. The Morgan fingerprint density at radius 3 is 2.50 bits per heavy atom. The highest BCUT2D eigenvalue weighted by Gasteiger charge is 2.39. The number of benzene rings is 2. The van der Waals surface area contributed by atoms with Crippen LogP contribution in [0.25, 0.3) is 0 Å². The Bertz CT molecular complexity index is 1100. The predicted molar refractivity (Wildman–Crippen MR) is 122 cm³/mol. The molecule has 0 bridgehead atoms. The summed E-state index contributed by atoms with van der Waals surface area (Å²) in [6, 6.07) is 13.4. The summed E-state index contributed by atoms with van der Waals surface area (Å²) in [7, 11) is -3.98. The van der Waals surface area contributed by atoms with E-state index >= 15 is 0 Å². The molecule has 158 valence electrons. The lowest BCUT2D eigenvalue weighted by Gasteiger charge is -2.13. The minimum atomic E-state index is -3.98. The van der Waals surface area contributed by atoms with Crippen LogP contribution in [0, 0.1) is 6.92 Å². The van der Waals surface area contributed by atoms with Crippen molar-refractivity contribution in [2.45, 2.75) is 30.4 Å². The molecule has 0 unspecified atom stereocenters. The van der Waals surface area contributed by atoms with E-state index in [0.717, 1.165) is 21.8 Å². The van der Waals surface area contributed by atoms with Gasteiger partial charge in [0.05, 0.1) is 4.90 Å². The normalized spacial score (nSPS) is 18.1. The molecule has 0 saturated carbocycles. The van der Waals surface area contributed by atoms with Crippen LogP contribution in [0.5, 0.6) is 0 Å². The number of thioether (sulfide) groups is 1. The maximum Gasteiger partial charge on any atom is 0.284 e. The third-order valence-electron chi connectivity index (χ3n) is 4.44. The van der Waals surface area contributed by atoms with Gasteiger partial charge in [-0.05, 0) is 49.7 Å². The van der Waals surface area contributed by atoms with Gasteiger partial charge in [-0.15, -0.1) is 4.40 Å². The first-order chi connectivity index (χ1) is 14.2. The molecule has 1 aliphatic rings. The zero-order chi connectivity index (χ0) is 21.9. The average molecular weight is 510 g/mol. The zero-order valence-electron chi connectivity index (χ0n) is 16.3. The van der Waals surface area contributed by atoms with Gasteiger partial charge < -0.3 is 5.32 Å². The van der Waals surface area contributed by atoms with Crippen LogP contribution in [0.3, 0.4) is 0 Å². The number of aryl methyl sites for hydroxylation is 1. The quantitative estimate of drug-likeness (QED) is 0.638. The summed E-state index contributed by atoms with van der Waals surface area (Å²) >= 11 is 4.26. The Balaban J connectivity index is 1.77. The number of sulfonamides is 1. The van der Waals surface area contributed by atoms with Crippen molar-refractivity contribution in [1.29, 1.82) is 0 Å². The van der Waals surface area contributed by atoms with Crippen molar-refractivity contribution in [3.8, 4) is 0 Å². The molecule has 1 saturated heterocycles. The van der Waals surface area contributed by atoms with Gasteiger partial charge in [0.15, 0.2) is 5.17 Å². The second kappa shape index (κ2) is 9.32. The molecule has 1 N–H and O–H groups in total. The number of anilines is 1. The number of amidine groups is 1. The highest BCUT2D eigenvalue weighted by molar-refractivity contribution is 9.10. The fourth-order valence-corrected chi connectivity index (χ4v) is 5.53. The molecule has 1 heterocycles. The summed E-state index contributed by atoms with van der Waals surface area (Å²) < 4.78 is 29.9. The molecular formula is C20H20BrN3O4S2. The second-order valence-corrected chi connectivity index (χ2v) is 10.2. The Labute approximate surface area is 188 Å². The highest BCUT2D eigenvalue weighted by Crippen LogP contribution is 2.31. The SMILES string of the molecule is CCN1C(=O)[C@@H](CC(=O)Nc2ccccc2C)SC1=NS(=O)(=O)c1ccc(Br)cc1. The van der Waals surface area contributed by atoms with Gasteiger partial charge in [-0.1, -0.05) is 45.9 Å². The lowest BCUT2D eigenvalue weighted by molar-refractivity contribution is -0.128. The Morgan fingerprint density at radius 2 is 1.87 bits per heavy atom. The van der Waals surface area contributed by atoms with Crippen molar-refractivity contribution in [3.63, 3.8) is 0 Å². The first-order valence-electron chi connectivity index (χ1n) is 9.15. The molecule has 2 amide bonds. The lowest BCUT2D eigenvalue weighted by Crippen LogP contribution is -2.33. The first-order valence-corrected chi connectivity index (χ1v) is 12.3.